The first kappa shape index (κ1) is 13.7. The standard InChI is InChI=1S/C14H22N2O/c1-14(2,12-8-5-4-6-9-12)13(17)16-11-7-10-15-3/h4-6,8-9,15H,7,10-11H2,1-3H3,(H,16,17). The summed E-state index contributed by atoms with van der Waals surface area (Å²) in [7, 11) is 1.91. The van der Waals surface area contributed by atoms with Gasteiger partial charge in [-0.05, 0) is 39.4 Å². The third-order valence-electron chi connectivity index (χ3n) is 2.95. The Hall–Kier alpha value is -1.35. The lowest BCUT2D eigenvalue weighted by atomic mass is 9.84. The normalized spacial score (nSPS) is 11.2. The van der Waals surface area contributed by atoms with Crippen LogP contribution in [0.3, 0.4) is 0 Å². The number of carbonyl (C=O) groups is 1. The van der Waals surface area contributed by atoms with E-state index in [0.717, 1.165) is 25.1 Å². The quantitative estimate of drug-likeness (QED) is 0.735. The van der Waals surface area contributed by atoms with Gasteiger partial charge in [-0.25, -0.2) is 0 Å². The van der Waals surface area contributed by atoms with Gasteiger partial charge in [-0.3, -0.25) is 4.79 Å². The van der Waals surface area contributed by atoms with Gasteiger partial charge in [0, 0.05) is 6.54 Å². The largest absolute Gasteiger partial charge is 0.355 e. The summed E-state index contributed by atoms with van der Waals surface area (Å²) in [5.41, 5.74) is 0.576. The fourth-order valence-corrected chi connectivity index (χ4v) is 1.67. The molecule has 0 aromatic heterocycles. The molecule has 3 heteroatoms. The molecule has 0 aliphatic heterocycles. The molecule has 0 saturated heterocycles. The maximum atomic E-state index is 12.1. The highest BCUT2D eigenvalue weighted by Crippen LogP contribution is 2.22. The summed E-state index contributed by atoms with van der Waals surface area (Å²) in [5, 5.41) is 6.04. The number of hydrogen-bond acceptors (Lipinski definition) is 2. The monoisotopic (exact) mass is 234 g/mol. The van der Waals surface area contributed by atoms with E-state index in [2.05, 4.69) is 10.6 Å². The van der Waals surface area contributed by atoms with Gasteiger partial charge < -0.3 is 10.6 Å². The van der Waals surface area contributed by atoms with E-state index < -0.39 is 5.41 Å². The zero-order valence-corrected chi connectivity index (χ0v) is 10.9. The summed E-state index contributed by atoms with van der Waals surface area (Å²) < 4.78 is 0. The zero-order chi connectivity index (χ0) is 12.7. The van der Waals surface area contributed by atoms with E-state index in [0.29, 0.717) is 0 Å². The Kier molecular flexibility index (Phi) is 5.16. The van der Waals surface area contributed by atoms with Crippen molar-refractivity contribution in [2.24, 2.45) is 0 Å². The third-order valence-corrected chi connectivity index (χ3v) is 2.95. The van der Waals surface area contributed by atoms with Gasteiger partial charge in [0.1, 0.15) is 0 Å². The van der Waals surface area contributed by atoms with Crippen LogP contribution in [0, 0.1) is 0 Å². The molecule has 0 aliphatic rings. The van der Waals surface area contributed by atoms with Gasteiger partial charge in [-0.1, -0.05) is 30.3 Å². The highest BCUT2D eigenvalue weighted by atomic mass is 16.2. The molecule has 1 amide bonds. The zero-order valence-electron chi connectivity index (χ0n) is 10.9. The van der Waals surface area contributed by atoms with Crippen LogP contribution < -0.4 is 10.6 Å². The Bertz CT molecular complexity index is 346. The first-order valence-electron chi connectivity index (χ1n) is 6.07. The Balaban J connectivity index is 2.55. The maximum absolute atomic E-state index is 12.1. The number of carbonyl (C=O) groups excluding carboxylic acids is 1. The topological polar surface area (TPSA) is 41.1 Å². The number of amides is 1. The van der Waals surface area contributed by atoms with Crippen LogP contribution >= 0.6 is 0 Å². The van der Waals surface area contributed by atoms with Crippen molar-refractivity contribution in [2.45, 2.75) is 25.7 Å². The lowest BCUT2D eigenvalue weighted by molar-refractivity contribution is -0.125. The van der Waals surface area contributed by atoms with E-state index in [9.17, 15) is 4.79 Å². The fourth-order valence-electron chi connectivity index (χ4n) is 1.67. The summed E-state index contributed by atoms with van der Waals surface area (Å²) >= 11 is 0. The van der Waals surface area contributed by atoms with Crippen LogP contribution in [0.4, 0.5) is 0 Å². The van der Waals surface area contributed by atoms with Gasteiger partial charge in [-0.15, -0.1) is 0 Å². The molecule has 2 N–H and O–H groups in total. The predicted octanol–water partition coefficient (Wildman–Crippen LogP) is 1.69. The first-order chi connectivity index (χ1) is 8.09. The van der Waals surface area contributed by atoms with E-state index in [1.54, 1.807) is 0 Å². The number of rotatable bonds is 6. The van der Waals surface area contributed by atoms with Gasteiger partial charge in [0.25, 0.3) is 0 Å². The summed E-state index contributed by atoms with van der Waals surface area (Å²) in [5.74, 6) is 0.0832. The summed E-state index contributed by atoms with van der Waals surface area (Å²) in [4.78, 5) is 12.1. The lowest BCUT2D eigenvalue weighted by Crippen LogP contribution is -2.40. The van der Waals surface area contributed by atoms with Crippen molar-refractivity contribution in [1.82, 2.24) is 10.6 Å². The van der Waals surface area contributed by atoms with Crippen LogP contribution in [-0.4, -0.2) is 26.0 Å². The van der Waals surface area contributed by atoms with E-state index in [1.807, 2.05) is 51.2 Å². The summed E-state index contributed by atoms with van der Waals surface area (Å²) in [6.45, 7) is 5.55. The van der Waals surface area contributed by atoms with Gasteiger partial charge in [-0.2, -0.15) is 0 Å². The second-order valence-electron chi connectivity index (χ2n) is 4.70. The molecule has 94 valence electrons. The molecule has 3 nitrogen and oxygen atoms in total. The molecule has 0 fully saturated rings. The predicted molar refractivity (Wildman–Crippen MR) is 71.0 cm³/mol. The smallest absolute Gasteiger partial charge is 0.230 e. The number of hydrogen-bond donors (Lipinski definition) is 2. The van der Waals surface area contributed by atoms with Crippen molar-refractivity contribution >= 4 is 5.91 Å². The number of benzene rings is 1. The second-order valence-corrected chi connectivity index (χ2v) is 4.70. The van der Waals surface area contributed by atoms with Gasteiger partial charge in [0.05, 0.1) is 5.41 Å². The van der Waals surface area contributed by atoms with E-state index in [1.165, 1.54) is 0 Å². The Labute approximate surface area is 104 Å². The SMILES string of the molecule is CNCCCNC(=O)C(C)(C)c1ccccc1. The van der Waals surface area contributed by atoms with Gasteiger partial charge in [0.15, 0.2) is 0 Å². The van der Waals surface area contributed by atoms with Crippen molar-refractivity contribution in [3.63, 3.8) is 0 Å². The van der Waals surface area contributed by atoms with Crippen molar-refractivity contribution in [3.8, 4) is 0 Å². The molecule has 0 atom stereocenters. The van der Waals surface area contributed by atoms with Crippen LogP contribution in [0.15, 0.2) is 30.3 Å². The molecular weight excluding hydrogens is 212 g/mol. The average Bonchev–Trinajstić information content (AvgIpc) is 2.35. The molecule has 0 saturated carbocycles. The van der Waals surface area contributed by atoms with Crippen LogP contribution in [-0.2, 0) is 10.2 Å². The fraction of sp³-hybridized carbons (Fsp3) is 0.500. The molecule has 0 heterocycles. The molecule has 1 aromatic rings. The van der Waals surface area contributed by atoms with E-state index in [-0.39, 0.29) is 5.91 Å². The lowest BCUT2D eigenvalue weighted by Gasteiger charge is -2.24. The van der Waals surface area contributed by atoms with Crippen molar-refractivity contribution in [2.75, 3.05) is 20.1 Å². The Morgan fingerprint density at radius 2 is 1.82 bits per heavy atom. The molecule has 1 rings (SSSR count). The second kappa shape index (κ2) is 6.40. The van der Waals surface area contributed by atoms with Crippen molar-refractivity contribution in [1.29, 1.82) is 0 Å². The maximum Gasteiger partial charge on any atom is 0.230 e. The van der Waals surface area contributed by atoms with Crippen LogP contribution in [0.5, 0.6) is 0 Å². The summed E-state index contributed by atoms with van der Waals surface area (Å²) in [6.07, 6.45) is 0.951. The Morgan fingerprint density at radius 1 is 1.18 bits per heavy atom. The molecule has 1 aromatic carbocycles. The minimum absolute atomic E-state index is 0.0832. The van der Waals surface area contributed by atoms with Gasteiger partial charge in [0.2, 0.25) is 5.91 Å². The molecule has 0 bridgehead atoms. The van der Waals surface area contributed by atoms with Gasteiger partial charge >= 0.3 is 0 Å². The highest BCUT2D eigenvalue weighted by molar-refractivity contribution is 5.87. The molecular formula is C14H22N2O. The summed E-state index contributed by atoms with van der Waals surface area (Å²) in [6, 6.07) is 9.88. The van der Waals surface area contributed by atoms with Crippen LogP contribution in [0.1, 0.15) is 25.8 Å². The molecule has 0 aliphatic carbocycles. The molecule has 17 heavy (non-hydrogen) atoms. The minimum atomic E-state index is -0.471. The Morgan fingerprint density at radius 3 is 2.41 bits per heavy atom. The van der Waals surface area contributed by atoms with E-state index >= 15 is 0 Å². The minimum Gasteiger partial charge on any atom is -0.355 e. The average molecular weight is 234 g/mol. The molecule has 0 spiro atoms. The number of nitrogens with one attached hydrogen (secondary N) is 2. The van der Waals surface area contributed by atoms with Crippen molar-refractivity contribution < 1.29 is 4.79 Å². The van der Waals surface area contributed by atoms with Crippen LogP contribution in [0.2, 0.25) is 0 Å². The first-order valence-corrected chi connectivity index (χ1v) is 6.07. The van der Waals surface area contributed by atoms with Crippen molar-refractivity contribution in [3.05, 3.63) is 35.9 Å². The van der Waals surface area contributed by atoms with Crippen LogP contribution in [0.25, 0.3) is 0 Å². The molecule has 0 unspecified atom stereocenters. The van der Waals surface area contributed by atoms with E-state index in [4.69, 9.17) is 0 Å². The third kappa shape index (κ3) is 3.86. The molecule has 0 radical (unpaired) electrons. The highest BCUT2D eigenvalue weighted by Gasteiger charge is 2.28.